The number of hydrogen-bond acceptors (Lipinski definition) is 5. The average Bonchev–Trinajstić information content (AvgIpc) is 3.18. The molecule has 1 aromatic carbocycles. The topological polar surface area (TPSA) is 89.2 Å². The van der Waals surface area contributed by atoms with Crippen LogP contribution in [-0.2, 0) is 10.0 Å². The summed E-state index contributed by atoms with van der Waals surface area (Å²) < 4.78 is 29.6. The fourth-order valence-corrected chi connectivity index (χ4v) is 5.84. The van der Waals surface area contributed by atoms with Gasteiger partial charge in [-0.1, -0.05) is 35.7 Å². The number of benzene rings is 1. The Morgan fingerprint density at radius 3 is 2.59 bits per heavy atom. The van der Waals surface area contributed by atoms with Crippen LogP contribution in [0.5, 0.6) is 0 Å². The molecule has 27 heavy (non-hydrogen) atoms. The van der Waals surface area contributed by atoms with Gasteiger partial charge in [-0.2, -0.15) is 17.9 Å². The molecule has 0 amide bonds. The molecule has 0 bridgehead atoms. The molecule has 1 fully saturated rings. The summed E-state index contributed by atoms with van der Waals surface area (Å²) in [5, 5.41) is 4.30. The van der Waals surface area contributed by atoms with E-state index in [0.717, 1.165) is 30.7 Å². The largest absolute Gasteiger partial charge is 0.299 e. The monoisotopic (exact) mass is 423 g/mol. The van der Waals surface area contributed by atoms with Crippen molar-refractivity contribution < 1.29 is 8.42 Å². The zero-order valence-corrected chi connectivity index (χ0v) is 16.6. The molecule has 7 nitrogen and oxygen atoms in total. The van der Waals surface area contributed by atoms with Gasteiger partial charge < -0.3 is 0 Å². The smallest absolute Gasteiger partial charge is 0.274 e. The normalized spacial score (nSPS) is 21.0. The summed E-state index contributed by atoms with van der Waals surface area (Å²) in [5.74, 6) is 1.22. The first-order valence-corrected chi connectivity index (χ1v) is 10.8. The second-order valence-corrected chi connectivity index (χ2v) is 9.34. The number of aryl methyl sites for hydroxylation is 1. The van der Waals surface area contributed by atoms with E-state index in [2.05, 4.69) is 19.8 Å². The van der Waals surface area contributed by atoms with Crippen LogP contribution in [0.1, 0.15) is 48.0 Å². The summed E-state index contributed by atoms with van der Waals surface area (Å²) >= 11 is 12.1. The lowest BCUT2D eigenvalue weighted by atomic mass is 9.72. The highest BCUT2D eigenvalue weighted by Crippen LogP contribution is 2.56. The van der Waals surface area contributed by atoms with Crippen molar-refractivity contribution in [2.24, 2.45) is 0 Å². The van der Waals surface area contributed by atoms with Gasteiger partial charge in [0.05, 0.1) is 21.4 Å². The van der Waals surface area contributed by atoms with Crippen LogP contribution in [0.2, 0.25) is 10.0 Å². The Kier molecular flexibility index (Phi) is 3.70. The van der Waals surface area contributed by atoms with Gasteiger partial charge in [0.1, 0.15) is 0 Å². The third-order valence-electron chi connectivity index (χ3n) is 5.41. The summed E-state index contributed by atoms with van der Waals surface area (Å²) in [6.45, 7) is 1.94. The third kappa shape index (κ3) is 2.47. The van der Waals surface area contributed by atoms with Gasteiger partial charge in [0.15, 0.2) is 0 Å². The Balaban J connectivity index is 1.61. The van der Waals surface area contributed by atoms with Crippen LogP contribution in [0.3, 0.4) is 0 Å². The number of anilines is 1. The number of hydrogen-bond donors (Lipinski definition) is 1. The number of aromatic nitrogens is 4. The summed E-state index contributed by atoms with van der Waals surface area (Å²) in [7, 11) is -4.06. The van der Waals surface area contributed by atoms with Crippen LogP contribution >= 0.6 is 23.2 Å². The van der Waals surface area contributed by atoms with Gasteiger partial charge >= 0.3 is 0 Å². The van der Waals surface area contributed by atoms with Gasteiger partial charge in [-0.15, -0.1) is 5.10 Å². The fraction of sp³-hybridized carbons (Fsp3) is 0.353. The van der Waals surface area contributed by atoms with E-state index >= 15 is 0 Å². The summed E-state index contributed by atoms with van der Waals surface area (Å²) in [6.07, 6.45) is 3.40. The van der Waals surface area contributed by atoms with E-state index in [-0.39, 0.29) is 20.9 Å². The number of fused-ring (bicyclic) bond motifs is 6. The van der Waals surface area contributed by atoms with Crippen molar-refractivity contribution in [3.05, 3.63) is 45.2 Å². The Labute approximate surface area is 165 Å². The molecule has 1 saturated carbocycles. The molecule has 2 aliphatic carbocycles. The maximum atomic E-state index is 12.8. The Hall–Kier alpha value is -1.90. The Bertz CT molecular complexity index is 1190. The maximum Gasteiger partial charge on any atom is 0.299 e. The molecule has 2 unspecified atom stereocenters. The van der Waals surface area contributed by atoms with Crippen LogP contribution in [0, 0.1) is 6.92 Å². The summed E-state index contributed by atoms with van der Waals surface area (Å²) in [6, 6.07) is 4.74. The highest BCUT2D eigenvalue weighted by Gasteiger charge is 2.45. The first-order chi connectivity index (χ1) is 12.9. The van der Waals surface area contributed by atoms with Crippen molar-refractivity contribution in [1.29, 1.82) is 0 Å². The molecule has 3 aromatic rings. The lowest BCUT2D eigenvalue weighted by molar-refractivity contribution is 0.491. The Morgan fingerprint density at radius 2 is 1.85 bits per heavy atom. The van der Waals surface area contributed by atoms with E-state index in [9.17, 15) is 8.42 Å². The third-order valence-corrected chi connectivity index (χ3v) is 7.17. The Morgan fingerprint density at radius 1 is 1.15 bits per heavy atom. The minimum Gasteiger partial charge on any atom is -0.274 e. The molecule has 0 spiro atoms. The predicted molar refractivity (Wildman–Crippen MR) is 102 cm³/mol. The van der Waals surface area contributed by atoms with Crippen molar-refractivity contribution in [1.82, 2.24) is 19.6 Å². The first kappa shape index (κ1) is 17.2. The SMILES string of the molecule is Cc1nc2nc(S(=O)(=O)Nc3c(Cl)cccc3Cl)nn2c2c1C1CCCC21. The zero-order valence-electron chi connectivity index (χ0n) is 14.3. The minimum absolute atomic E-state index is 0.104. The quantitative estimate of drug-likeness (QED) is 0.689. The number of halogens is 2. The molecule has 5 rings (SSSR count). The fourth-order valence-electron chi connectivity index (χ4n) is 4.27. The molecular formula is C17H15Cl2N5O2S. The first-order valence-electron chi connectivity index (χ1n) is 8.61. The minimum atomic E-state index is -4.06. The molecule has 140 valence electrons. The zero-order chi connectivity index (χ0) is 18.9. The van der Waals surface area contributed by atoms with Gasteiger partial charge in [-0.25, -0.2) is 4.98 Å². The second kappa shape index (κ2) is 5.80. The van der Waals surface area contributed by atoms with Crippen molar-refractivity contribution in [2.75, 3.05) is 4.72 Å². The van der Waals surface area contributed by atoms with E-state index in [1.165, 1.54) is 5.56 Å². The van der Waals surface area contributed by atoms with Crippen LogP contribution in [0.4, 0.5) is 5.69 Å². The predicted octanol–water partition coefficient (Wildman–Crippen LogP) is 3.91. The molecule has 2 atom stereocenters. The van der Waals surface area contributed by atoms with Crippen LogP contribution in [0.25, 0.3) is 5.78 Å². The molecular weight excluding hydrogens is 409 g/mol. The van der Waals surface area contributed by atoms with Crippen LogP contribution < -0.4 is 4.72 Å². The maximum absolute atomic E-state index is 12.8. The highest BCUT2D eigenvalue weighted by atomic mass is 35.5. The summed E-state index contributed by atoms with van der Waals surface area (Å²) in [4.78, 5) is 8.62. The summed E-state index contributed by atoms with van der Waals surface area (Å²) in [5.41, 5.74) is 3.25. The lowest BCUT2D eigenvalue weighted by Gasteiger charge is -2.35. The number of rotatable bonds is 3. The van der Waals surface area contributed by atoms with E-state index in [1.807, 2.05) is 6.92 Å². The molecule has 2 heterocycles. The van der Waals surface area contributed by atoms with Gasteiger partial charge in [-0.3, -0.25) is 4.72 Å². The van der Waals surface area contributed by atoms with Gasteiger partial charge in [-0.05, 0) is 43.4 Å². The number of para-hydroxylation sites is 1. The standard InChI is InChI=1S/C17H15Cl2N5O2S/c1-8-13-9-4-2-5-10(9)15(13)24-16(20-8)21-17(22-24)27(25,26)23-14-11(18)6-3-7-12(14)19/h3,6-7,9-10,23H,2,4-5H2,1H3. The van der Waals surface area contributed by atoms with Crippen LogP contribution in [-0.4, -0.2) is 28.0 Å². The van der Waals surface area contributed by atoms with Crippen molar-refractivity contribution >= 4 is 44.7 Å². The molecule has 0 saturated heterocycles. The number of sulfonamides is 1. The van der Waals surface area contributed by atoms with E-state index in [4.69, 9.17) is 23.2 Å². The van der Waals surface area contributed by atoms with Crippen molar-refractivity contribution in [3.8, 4) is 0 Å². The average molecular weight is 424 g/mol. The van der Waals surface area contributed by atoms with Crippen molar-refractivity contribution in [3.63, 3.8) is 0 Å². The van der Waals surface area contributed by atoms with E-state index < -0.39 is 10.0 Å². The van der Waals surface area contributed by atoms with Gasteiger partial charge in [0, 0.05) is 11.6 Å². The van der Waals surface area contributed by atoms with Gasteiger partial charge in [0.25, 0.3) is 21.0 Å². The lowest BCUT2D eigenvalue weighted by Crippen LogP contribution is -2.26. The highest BCUT2D eigenvalue weighted by molar-refractivity contribution is 7.92. The molecule has 1 N–H and O–H groups in total. The van der Waals surface area contributed by atoms with Gasteiger partial charge in [0.2, 0.25) is 0 Å². The molecule has 2 aliphatic rings. The van der Waals surface area contributed by atoms with E-state index in [1.54, 1.807) is 22.7 Å². The molecule has 0 radical (unpaired) electrons. The van der Waals surface area contributed by atoms with Crippen LogP contribution in [0.15, 0.2) is 23.4 Å². The number of nitrogens with zero attached hydrogens (tertiary/aromatic N) is 4. The second-order valence-electron chi connectivity index (χ2n) is 6.95. The number of nitrogens with one attached hydrogen (secondary N) is 1. The van der Waals surface area contributed by atoms with E-state index in [0.29, 0.717) is 17.6 Å². The molecule has 10 heteroatoms. The molecule has 0 aliphatic heterocycles. The van der Waals surface area contributed by atoms with Crippen molar-refractivity contribution in [2.45, 2.75) is 43.2 Å². The molecule has 2 aromatic heterocycles.